The number of aromatic amines is 1. The van der Waals surface area contributed by atoms with Crippen LogP contribution >= 0.6 is 0 Å². The number of para-hydroxylation sites is 1. The van der Waals surface area contributed by atoms with Gasteiger partial charge in [0.05, 0.1) is 10.4 Å². The molecular formula is C11H12N4O6S. The quantitative estimate of drug-likeness (QED) is 0.518. The number of non-ortho nitro benzene ring substituents is 1. The monoisotopic (exact) mass is 328 g/mol. The molecule has 1 aromatic heterocycles. The highest BCUT2D eigenvalue weighted by atomic mass is 32.2. The lowest BCUT2D eigenvalue weighted by molar-refractivity contribution is -0.383. The Labute approximate surface area is 124 Å². The minimum absolute atomic E-state index is 0.0366. The van der Waals surface area contributed by atoms with E-state index in [2.05, 4.69) is 9.97 Å². The molecule has 22 heavy (non-hydrogen) atoms. The molecule has 10 nitrogen and oxygen atoms in total. The Morgan fingerprint density at radius 3 is 2.77 bits per heavy atom. The Morgan fingerprint density at radius 1 is 1.55 bits per heavy atom. The molecule has 0 saturated heterocycles. The molecule has 3 N–H and O–H groups in total. The number of nitrogens with one attached hydrogen (secondary N) is 2. The first kappa shape index (κ1) is 15.9. The van der Waals surface area contributed by atoms with Crippen molar-refractivity contribution in [3.05, 3.63) is 28.3 Å². The number of carboxylic acids is 1. The van der Waals surface area contributed by atoms with Crippen molar-refractivity contribution in [1.29, 1.82) is 0 Å². The number of nitro groups is 1. The lowest BCUT2D eigenvalue weighted by Crippen LogP contribution is -2.40. The number of nitrogens with zero attached hydrogens (tertiary/aromatic N) is 2. The lowest BCUT2D eigenvalue weighted by atomic mass is 10.2. The van der Waals surface area contributed by atoms with Crippen molar-refractivity contribution in [3.8, 4) is 0 Å². The smallest absolute Gasteiger partial charge is 0.321 e. The molecule has 0 saturated carbocycles. The Morgan fingerprint density at radius 2 is 2.23 bits per heavy atom. The third kappa shape index (κ3) is 2.89. The van der Waals surface area contributed by atoms with Gasteiger partial charge in [-0.2, -0.15) is 4.72 Å². The molecule has 2 aromatic rings. The fraction of sp³-hybridized carbons (Fsp3) is 0.273. The van der Waals surface area contributed by atoms with E-state index in [1.807, 2.05) is 4.72 Å². The van der Waals surface area contributed by atoms with Gasteiger partial charge in [-0.25, -0.2) is 13.4 Å². The van der Waals surface area contributed by atoms with Gasteiger partial charge in [-0.15, -0.1) is 0 Å². The molecule has 1 atom stereocenters. The molecule has 0 radical (unpaired) electrons. The van der Waals surface area contributed by atoms with E-state index in [0.29, 0.717) is 0 Å². The topological polar surface area (TPSA) is 155 Å². The van der Waals surface area contributed by atoms with E-state index < -0.39 is 32.1 Å². The van der Waals surface area contributed by atoms with Gasteiger partial charge in [0, 0.05) is 6.07 Å². The van der Waals surface area contributed by atoms with Crippen molar-refractivity contribution in [1.82, 2.24) is 14.7 Å². The van der Waals surface area contributed by atoms with Gasteiger partial charge in [0.15, 0.2) is 5.52 Å². The van der Waals surface area contributed by atoms with Crippen molar-refractivity contribution in [2.75, 3.05) is 0 Å². The van der Waals surface area contributed by atoms with Gasteiger partial charge in [-0.05, 0) is 12.5 Å². The first-order chi connectivity index (χ1) is 10.3. The number of imidazole rings is 1. The van der Waals surface area contributed by atoms with E-state index in [-0.39, 0.29) is 23.1 Å². The van der Waals surface area contributed by atoms with Crippen molar-refractivity contribution in [2.24, 2.45) is 0 Å². The summed E-state index contributed by atoms with van der Waals surface area (Å²) in [6.45, 7) is 1.50. The molecule has 118 valence electrons. The molecule has 0 bridgehead atoms. The minimum atomic E-state index is -4.24. The van der Waals surface area contributed by atoms with E-state index >= 15 is 0 Å². The number of carbonyl (C=O) groups is 1. The predicted molar refractivity (Wildman–Crippen MR) is 74.8 cm³/mol. The zero-order valence-corrected chi connectivity index (χ0v) is 12.1. The second kappa shape index (κ2) is 5.69. The van der Waals surface area contributed by atoms with Crippen LogP contribution in [-0.2, 0) is 14.8 Å². The van der Waals surface area contributed by atoms with Crippen LogP contribution in [0.15, 0.2) is 23.4 Å². The number of aliphatic carboxylic acids is 1. The Kier molecular flexibility index (Phi) is 4.10. The van der Waals surface area contributed by atoms with Crippen LogP contribution in [0.5, 0.6) is 0 Å². The number of H-pyrrole nitrogens is 1. The maximum absolute atomic E-state index is 12.1. The van der Waals surface area contributed by atoms with Crippen molar-refractivity contribution in [2.45, 2.75) is 24.5 Å². The summed E-state index contributed by atoms with van der Waals surface area (Å²) in [5.41, 5.74) is -0.297. The van der Waals surface area contributed by atoms with Crippen LogP contribution in [0.2, 0.25) is 0 Å². The van der Waals surface area contributed by atoms with Crippen molar-refractivity contribution < 1.29 is 23.2 Å². The summed E-state index contributed by atoms with van der Waals surface area (Å²) in [5.74, 6) is -1.33. The first-order valence-electron chi connectivity index (χ1n) is 6.14. The zero-order chi connectivity index (χ0) is 16.5. The van der Waals surface area contributed by atoms with Gasteiger partial charge in [-0.3, -0.25) is 14.9 Å². The Hall–Kier alpha value is -2.53. The molecule has 1 unspecified atom stereocenters. The van der Waals surface area contributed by atoms with Crippen molar-refractivity contribution >= 4 is 32.7 Å². The number of hydrogen-bond acceptors (Lipinski definition) is 6. The number of benzene rings is 1. The van der Waals surface area contributed by atoms with Crippen molar-refractivity contribution in [3.63, 3.8) is 0 Å². The minimum Gasteiger partial charge on any atom is -0.480 e. The number of fused-ring (bicyclic) bond motifs is 1. The molecule has 0 fully saturated rings. The molecule has 0 aliphatic heterocycles. The van der Waals surface area contributed by atoms with E-state index in [4.69, 9.17) is 5.11 Å². The molecule has 1 aromatic carbocycles. The number of sulfonamides is 1. The lowest BCUT2D eigenvalue weighted by Gasteiger charge is -2.10. The standard InChI is InChI=1S/C11H12N4O6S/c1-2-6(10(16)17)14-22(20,21)11-12-7-4-3-5-8(15(18)19)9(7)13-11/h3-6,14H,2H2,1H3,(H,12,13)(H,16,17). The molecule has 0 spiro atoms. The van der Waals surface area contributed by atoms with Gasteiger partial charge < -0.3 is 10.1 Å². The van der Waals surface area contributed by atoms with Crippen LogP contribution in [0, 0.1) is 10.1 Å². The molecular weight excluding hydrogens is 316 g/mol. The first-order valence-corrected chi connectivity index (χ1v) is 7.63. The van der Waals surface area contributed by atoms with E-state index in [9.17, 15) is 23.3 Å². The average molecular weight is 328 g/mol. The second-order valence-electron chi connectivity index (χ2n) is 4.39. The Balaban J connectivity index is 2.48. The van der Waals surface area contributed by atoms with Crippen LogP contribution in [0.25, 0.3) is 11.0 Å². The Bertz CT molecular complexity index is 843. The average Bonchev–Trinajstić information content (AvgIpc) is 2.88. The fourth-order valence-corrected chi connectivity index (χ4v) is 3.03. The molecule has 0 aliphatic rings. The molecule has 0 amide bonds. The van der Waals surface area contributed by atoms with Crippen LogP contribution < -0.4 is 4.72 Å². The van der Waals surface area contributed by atoms with Crippen LogP contribution in [0.1, 0.15) is 13.3 Å². The number of rotatable bonds is 6. The van der Waals surface area contributed by atoms with Crippen LogP contribution in [0.3, 0.4) is 0 Å². The number of aromatic nitrogens is 2. The number of nitro benzene ring substituents is 1. The summed E-state index contributed by atoms with van der Waals surface area (Å²) in [5, 5.41) is 19.2. The summed E-state index contributed by atoms with van der Waals surface area (Å²) < 4.78 is 26.2. The van der Waals surface area contributed by atoms with E-state index in [1.165, 1.54) is 25.1 Å². The van der Waals surface area contributed by atoms with Gasteiger partial charge in [0.25, 0.3) is 15.7 Å². The maximum atomic E-state index is 12.1. The van der Waals surface area contributed by atoms with Gasteiger partial charge in [0.2, 0.25) is 5.16 Å². The second-order valence-corrected chi connectivity index (χ2v) is 6.02. The summed E-state index contributed by atoms with van der Waals surface area (Å²) in [7, 11) is -4.24. The largest absolute Gasteiger partial charge is 0.480 e. The van der Waals surface area contributed by atoms with Crippen LogP contribution in [0.4, 0.5) is 5.69 Å². The summed E-state index contributed by atoms with van der Waals surface area (Å²) in [4.78, 5) is 27.3. The fourth-order valence-electron chi connectivity index (χ4n) is 1.82. The highest BCUT2D eigenvalue weighted by molar-refractivity contribution is 7.89. The van der Waals surface area contributed by atoms with Gasteiger partial charge >= 0.3 is 5.97 Å². The third-order valence-electron chi connectivity index (χ3n) is 2.92. The maximum Gasteiger partial charge on any atom is 0.321 e. The molecule has 0 aliphatic carbocycles. The molecule has 1 heterocycles. The van der Waals surface area contributed by atoms with Gasteiger partial charge in [0.1, 0.15) is 6.04 Å². The summed E-state index contributed by atoms with van der Waals surface area (Å²) >= 11 is 0. The molecule has 2 rings (SSSR count). The number of hydrogen-bond donors (Lipinski definition) is 3. The summed E-state index contributed by atoms with van der Waals surface area (Å²) in [6.07, 6.45) is 0.0366. The third-order valence-corrected chi connectivity index (χ3v) is 4.22. The predicted octanol–water partition coefficient (Wildman–Crippen LogP) is 0.613. The SMILES string of the molecule is CCC(NS(=O)(=O)c1nc2c([N+](=O)[O-])cccc2[nH]1)C(=O)O. The van der Waals surface area contributed by atoms with Crippen LogP contribution in [-0.4, -0.2) is 40.4 Å². The normalized spacial score (nSPS) is 13.1. The highest BCUT2D eigenvalue weighted by Gasteiger charge is 2.27. The van der Waals surface area contributed by atoms with E-state index in [0.717, 1.165) is 0 Å². The number of carboxylic acid groups (broad SMARTS) is 1. The highest BCUT2D eigenvalue weighted by Crippen LogP contribution is 2.24. The molecule has 11 heteroatoms. The van der Waals surface area contributed by atoms with Gasteiger partial charge in [-0.1, -0.05) is 13.0 Å². The summed E-state index contributed by atoms with van der Waals surface area (Å²) in [6, 6.07) is 2.70. The zero-order valence-electron chi connectivity index (χ0n) is 11.3. The van der Waals surface area contributed by atoms with E-state index in [1.54, 1.807) is 0 Å².